The van der Waals surface area contributed by atoms with Crippen molar-refractivity contribution in [2.24, 2.45) is 0 Å². The molecule has 0 fully saturated rings. The van der Waals surface area contributed by atoms with Crippen LogP contribution in [0.15, 0.2) is 28.0 Å². The highest BCUT2D eigenvalue weighted by Crippen LogP contribution is 2.27. The summed E-state index contributed by atoms with van der Waals surface area (Å²) >= 11 is 3.11. The van der Waals surface area contributed by atoms with E-state index >= 15 is 0 Å². The van der Waals surface area contributed by atoms with Gasteiger partial charge in [-0.05, 0) is 24.6 Å². The molecule has 1 amide bonds. The second-order valence-corrected chi connectivity index (χ2v) is 6.34. The van der Waals surface area contributed by atoms with Crippen LogP contribution in [0.3, 0.4) is 0 Å². The van der Waals surface area contributed by atoms with Crippen LogP contribution in [0.25, 0.3) is 0 Å². The summed E-state index contributed by atoms with van der Waals surface area (Å²) in [7, 11) is 1.56. The number of thioether (sulfide) groups is 1. The van der Waals surface area contributed by atoms with Gasteiger partial charge in [-0.15, -0.1) is 10.2 Å². The molecular weight excluding hydrogens is 308 g/mol. The highest BCUT2D eigenvalue weighted by molar-refractivity contribution is 8.00. The van der Waals surface area contributed by atoms with Crippen LogP contribution in [0.2, 0.25) is 0 Å². The smallest absolute Gasteiger partial charge is 0.224 e. The van der Waals surface area contributed by atoms with E-state index in [4.69, 9.17) is 10.5 Å². The van der Waals surface area contributed by atoms with Crippen molar-refractivity contribution in [2.75, 3.05) is 23.9 Å². The number of ether oxygens (including phenoxy) is 1. The Morgan fingerprint density at radius 1 is 1.52 bits per heavy atom. The van der Waals surface area contributed by atoms with Crippen molar-refractivity contribution in [2.45, 2.75) is 17.2 Å². The second kappa shape index (κ2) is 7.84. The minimum Gasteiger partial charge on any atom is -0.495 e. The van der Waals surface area contributed by atoms with Gasteiger partial charge in [-0.3, -0.25) is 4.79 Å². The molecule has 0 bridgehead atoms. The highest BCUT2D eigenvalue weighted by Gasteiger charge is 2.08. The Kier molecular flexibility index (Phi) is 5.82. The number of nitrogen functional groups attached to an aromatic ring is 1. The van der Waals surface area contributed by atoms with E-state index in [-0.39, 0.29) is 5.91 Å². The van der Waals surface area contributed by atoms with Crippen molar-refractivity contribution in [1.82, 2.24) is 10.2 Å². The van der Waals surface area contributed by atoms with Crippen LogP contribution in [0.5, 0.6) is 5.75 Å². The zero-order valence-electron chi connectivity index (χ0n) is 11.5. The second-order valence-electron chi connectivity index (χ2n) is 4.16. The first-order valence-corrected chi connectivity index (χ1v) is 8.18. The Hall–Kier alpha value is -1.80. The molecule has 1 heterocycles. The van der Waals surface area contributed by atoms with Gasteiger partial charge in [0.15, 0.2) is 4.34 Å². The number of nitrogens with zero attached hydrogens (tertiary/aromatic N) is 2. The van der Waals surface area contributed by atoms with Crippen molar-refractivity contribution < 1.29 is 9.53 Å². The van der Waals surface area contributed by atoms with E-state index in [1.54, 1.807) is 42.6 Å². The maximum Gasteiger partial charge on any atom is 0.224 e. The summed E-state index contributed by atoms with van der Waals surface area (Å²) in [5.74, 6) is 1.37. The average Bonchev–Trinajstić information content (AvgIpc) is 2.97. The molecule has 0 aliphatic heterocycles. The number of carbonyl (C=O) groups excluding carboxylic acids is 1. The Balaban J connectivity index is 1.77. The molecule has 1 aromatic heterocycles. The quantitative estimate of drug-likeness (QED) is 0.462. The molecule has 2 rings (SSSR count). The molecule has 0 saturated heterocycles. The number of rotatable bonds is 7. The molecule has 0 saturated carbocycles. The maximum atomic E-state index is 11.9. The van der Waals surface area contributed by atoms with E-state index in [0.717, 1.165) is 16.5 Å². The van der Waals surface area contributed by atoms with Gasteiger partial charge in [-0.2, -0.15) is 0 Å². The minimum absolute atomic E-state index is 0.0586. The molecule has 0 unspecified atom stereocenters. The van der Waals surface area contributed by atoms with Gasteiger partial charge in [0.2, 0.25) is 5.91 Å². The largest absolute Gasteiger partial charge is 0.495 e. The predicted octanol–water partition coefficient (Wildman–Crippen LogP) is 2.64. The van der Waals surface area contributed by atoms with Crippen molar-refractivity contribution >= 4 is 40.4 Å². The van der Waals surface area contributed by atoms with Crippen LogP contribution in [-0.2, 0) is 4.79 Å². The topological polar surface area (TPSA) is 90.1 Å². The van der Waals surface area contributed by atoms with Gasteiger partial charge < -0.3 is 15.8 Å². The van der Waals surface area contributed by atoms with E-state index in [9.17, 15) is 4.79 Å². The van der Waals surface area contributed by atoms with Gasteiger partial charge in [0.1, 0.15) is 11.3 Å². The van der Waals surface area contributed by atoms with E-state index in [1.165, 1.54) is 11.3 Å². The fourth-order valence-electron chi connectivity index (χ4n) is 1.65. The summed E-state index contributed by atoms with van der Waals surface area (Å²) in [6.45, 7) is 0. The third-order valence-corrected chi connectivity index (χ3v) is 4.56. The molecule has 0 spiro atoms. The molecule has 6 nitrogen and oxygen atoms in total. The van der Waals surface area contributed by atoms with Crippen molar-refractivity contribution in [3.8, 4) is 5.75 Å². The van der Waals surface area contributed by atoms with Crippen LogP contribution in [0.1, 0.15) is 12.8 Å². The third kappa shape index (κ3) is 4.91. The number of hydrogen-bond donors (Lipinski definition) is 2. The molecule has 112 valence electrons. The van der Waals surface area contributed by atoms with Crippen LogP contribution < -0.4 is 15.8 Å². The van der Waals surface area contributed by atoms with Gasteiger partial charge in [0.05, 0.1) is 12.8 Å². The molecular formula is C13H16N4O2S2. The fourth-order valence-corrected chi connectivity index (χ4v) is 3.15. The summed E-state index contributed by atoms with van der Waals surface area (Å²) in [6.07, 6.45) is 1.20. The summed E-state index contributed by atoms with van der Waals surface area (Å²) in [5.41, 5.74) is 8.59. The first-order valence-electron chi connectivity index (χ1n) is 6.31. The zero-order chi connectivity index (χ0) is 15.1. The maximum absolute atomic E-state index is 11.9. The fraction of sp³-hybridized carbons (Fsp3) is 0.308. The zero-order valence-corrected chi connectivity index (χ0v) is 13.2. The lowest BCUT2D eigenvalue weighted by atomic mass is 10.2. The Labute approximate surface area is 131 Å². The van der Waals surface area contributed by atoms with Crippen LogP contribution >= 0.6 is 23.1 Å². The highest BCUT2D eigenvalue weighted by atomic mass is 32.2. The number of benzene rings is 1. The lowest BCUT2D eigenvalue weighted by Gasteiger charge is -2.10. The SMILES string of the molecule is COc1ccc(N)cc1NC(=O)CCCSc1nncs1. The predicted molar refractivity (Wildman–Crippen MR) is 85.9 cm³/mol. The number of nitrogens with two attached hydrogens (primary N) is 1. The van der Waals surface area contributed by atoms with Gasteiger partial charge in [0.25, 0.3) is 0 Å². The summed E-state index contributed by atoms with van der Waals surface area (Å²) in [6, 6.07) is 5.15. The molecule has 0 aliphatic carbocycles. The number of aromatic nitrogens is 2. The van der Waals surface area contributed by atoms with Gasteiger partial charge in [-0.25, -0.2) is 0 Å². The lowest BCUT2D eigenvalue weighted by molar-refractivity contribution is -0.116. The van der Waals surface area contributed by atoms with Crippen molar-refractivity contribution in [3.63, 3.8) is 0 Å². The van der Waals surface area contributed by atoms with E-state index in [2.05, 4.69) is 15.5 Å². The molecule has 0 aliphatic rings. The summed E-state index contributed by atoms with van der Waals surface area (Å²) < 4.78 is 6.11. The molecule has 1 aromatic carbocycles. The molecule has 3 N–H and O–H groups in total. The lowest BCUT2D eigenvalue weighted by Crippen LogP contribution is -2.12. The van der Waals surface area contributed by atoms with Crippen LogP contribution in [0.4, 0.5) is 11.4 Å². The normalized spacial score (nSPS) is 10.3. The summed E-state index contributed by atoms with van der Waals surface area (Å²) in [4.78, 5) is 11.9. The van der Waals surface area contributed by atoms with Gasteiger partial charge >= 0.3 is 0 Å². The molecule has 0 radical (unpaired) electrons. The minimum atomic E-state index is -0.0586. The Morgan fingerprint density at radius 3 is 3.10 bits per heavy atom. The number of anilines is 2. The Bertz CT molecular complexity index is 590. The van der Waals surface area contributed by atoms with Crippen molar-refractivity contribution in [1.29, 1.82) is 0 Å². The first-order chi connectivity index (χ1) is 10.2. The molecule has 21 heavy (non-hydrogen) atoms. The average molecular weight is 324 g/mol. The third-order valence-electron chi connectivity index (χ3n) is 2.61. The van der Waals surface area contributed by atoms with E-state index < -0.39 is 0 Å². The van der Waals surface area contributed by atoms with Crippen LogP contribution in [0, 0.1) is 0 Å². The number of amides is 1. The van der Waals surface area contributed by atoms with E-state index in [1.807, 2.05) is 0 Å². The molecule has 2 aromatic rings. The first kappa shape index (κ1) is 15.6. The Morgan fingerprint density at radius 2 is 2.38 bits per heavy atom. The van der Waals surface area contributed by atoms with Gasteiger partial charge in [-0.1, -0.05) is 23.1 Å². The van der Waals surface area contributed by atoms with Crippen molar-refractivity contribution in [3.05, 3.63) is 23.7 Å². The van der Waals surface area contributed by atoms with Gasteiger partial charge in [0, 0.05) is 17.9 Å². The standard InChI is InChI=1S/C13H16N4O2S2/c1-19-11-5-4-9(14)7-10(11)16-12(18)3-2-6-20-13-17-15-8-21-13/h4-5,7-8H,2-3,6,14H2,1H3,(H,16,18). The number of nitrogens with one attached hydrogen (secondary N) is 1. The number of hydrogen-bond acceptors (Lipinski definition) is 7. The van der Waals surface area contributed by atoms with E-state index in [0.29, 0.717) is 23.5 Å². The molecule has 0 atom stereocenters. The van der Waals surface area contributed by atoms with Crippen LogP contribution in [-0.4, -0.2) is 29.0 Å². The monoisotopic (exact) mass is 324 g/mol. The number of carbonyl (C=O) groups is 1. The summed E-state index contributed by atoms with van der Waals surface area (Å²) in [5, 5.41) is 10.5. The molecule has 8 heteroatoms. The number of methoxy groups -OCH3 is 1.